The van der Waals surface area contributed by atoms with E-state index < -0.39 is 0 Å². The number of aryl methyl sites for hydroxylation is 1. The molecule has 4 rings (SSSR count). The lowest BCUT2D eigenvalue weighted by molar-refractivity contribution is 0.0950. The molecule has 24 heavy (non-hydrogen) atoms. The molecule has 3 aromatic rings. The number of aromatic amines is 1. The third kappa shape index (κ3) is 2.92. The maximum absolute atomic E-state index is 12.3. The van der Waals surface area contributed by atoms with Crippen LogP contribution in [0.2, 0.25) is 0 Å². The fourth-order valence-corrected chi connectivity index (χ4v) is 3.11. The van der Waals surface area contributed by atoms with Crippen LogP contribution in [0.5, 0.6) is 0 Å². The maximum Gasteiger partial charge on any atom is 0.254 e. The average Bonchev–Trinajstić information content (AvgIpc) is 3.30. The summed E-state index contributed by atoms with van der Waals surface area (Å²) in [4.78, 5) is 15.6. The van der Waals surface area contributed by atoms with Gasteiger partial charge in [-0.25, -0.2) is 0 Å². The number of rotatable bonds is 4. The van der Waals surface area contributed by atoms with Crippen LogP contribution in [-0.4, -0.2) is 33.9 Å². The highest BCUT2D eigenvalue weighted by atomic mass is 16.5. The lowest BCUT2D eigenvalue weighted by atomic mass is 10.1. The van der Waals surface area contributed by atoms with Crippen LogP contribution in [0.3, 0.4) is 0 Å². The predicted octanol–water partition coefficient (Wildman–Crippen LogP) is 2.56. The number of hydrogen-bond acceptors (Lipinski definition) is 3. The molecule has 0 aliphatic carbocycles. The van der Waals surface area contributed by atoms with E-state index in [1.807, 2.05) is 23.7 Å². The zero-order valence-electron chi connectivity index (χ0n) is 13.6. The van der Waals surface area contributed by atoms with Gasteiger partial charge in [-0.05, 0) is 42.5 Å². The van der Waals surface area contributed by atoms with Gasteiger partial charge in [0, 0.05) is 30.6 Å². The first-order valence-corrected chi connectivity index (χ1v) is 8.17. The molecule has 1 fully saturated rings. The second-order valence-electron chi connectivity index (χ2n) is 6.28. The van der Waals surface area contributed by atoms with Gasteiger partial charge < -0.3 is 15.0 Å². The Balaban J connectivity index is 1.41. The molecule has 0 radical (unpaired) electrons. The van der Waals surface area contributed by atoms with Crippen molar-refractivity contribution in [1.29, 1.82) is 0 Å². The maximum atomic E-state index is 12.3. The molecule has 0 saturated carbocycles. The monoisotopic (exact) mass is 324 g/mol. The Bertz CT molecular complexity index is 874. The van der Waals surface area contributed by atoms with Crippen LogP contribution in [0.25, 0.3) is 10.9 Å². The Hall–Kier alpha value is -2.60. The van der Waals surface area contributed by atoms with Gasteiger partial charge in [0.25, 0.3) is 5.91 Å². The van der Waals surface area contributed by atoms with Crippen molar-refractivity contribution < 1.29 is 9.53 Å². The molecule has 1 unspecified atom stereocenters. The molecule has 1 aromatic carbocycles. The first kappa shape index (κ1) is 15.0. The van der Waals surface area contributed by atoms with E-state index in [0.29, 0.717) is 18.7 Å². The van der Waals surface area contributed by atoms with Gasteiger partial charge in [-0.15, -0.1) is 0 Å². The van der Waals surface area contributed by atoms with Gasteiger partial charge in [0.15, 0.2) is 0 Å². The summed E-state index contributed by atoms with van der Waals surface area (Å²) >= 11 is 0. The van der Waals surface area contributed by atoms with E-state index in [1.165, 1.54) is 0 Å². The van der Waals surface area contributed by atoms with Crippen molar-refractivity contribution in [3.63, 3.8) is 0 Å². The molecule has 0 bridgehead atoms. The van der Waals surface area contributed by atoms with E-state index in [-0.39, 0.29) is 11.9 Å². The molecule has 2 N–H and O–H groups in total. The van der Waals surface area contributed by atoms with E-state index in [0.717, 1.165) is 35.2 Å². The fraction of sp³-hybridized carbons (Fsp3) is 0.333. The number of hydrogen-bond donors (Lipinski definition) is 2. The van der Waals surface area contributed by atoms with Crippen molar-refractivity contribution in [2.24, 2.45) is 0 Å². The number of carbonyl (C=O) groups excluding carboxylic acids is 1. The Morgan fingerprint density at radius 1 is 1.46 bits per heavy atom. The van der Waals surface area contributed by atoms with Crippen molar-refractivity contribution in [2.45, 2.75) is 25.9 Å². The lowest BCUT2D eigenvalue weighted by Crippen LogP contribution is -2.22. The molecule has 1 amide bonds. The quantitative estimate of drug-likeness (QED) is 0.775. The van der Waals surface area contributed by atoms with Crippen LogP contribution in [0.1, 0.15) is 34.1 Å². The fourth-order valence-electron chi connectivity index (χ4n) is 3.11. The molecule has 124 valence electrons. The van der Waals surface area contributed by atoms with Crippen LogP contribution in [-0.2, 0) is 11.3 Å². The van der Waals surface area contributed by atoms with Crippen molar-refractivity contribution in [1.82, 2.24) is 20.1 Å². The zero-order chi connectivity index (χ0) is 16.5. The molecular formula is C18H20N4O2. The number of nitrogens with one attached hydrogen (secondary N) is 2. The standard InChI is InChI=1S/C18H20N4O2/c1-12-6-14-7-13(2-3-17(14)21-12)8-19-18(23)15-9-20-22(10-15)16-4-5-24-11-16/h2-3,6-7,9-10,16,21H,4-5,8,11H2,1H3,(H,19,23). The molecule has 1 aliphatic heterocycles. The van der Waals surface area contributed by atoms with Gasteiger partial charge in [-0.1, -0.05) is 6.07 Å². The van der Waals surface area contributed by atoms with E-state index >= 15 is 0 Å². The first-order valence-electron chi connectivity index (χ1n) is 8.17. The largest absolute Gasteiger partial charge is 0.379 e. The minimum Gasteiger partial charge on any atom is -0.379 e. The number of nitrogens with zero attached hydrogens (tertiary/aromatic N) is 2. The third-order valence-electron chi connectivity index (χ3n) is 4.42. The van der Waals surface area contributed by atoms with Gasteiger partial charge in [0.2, 0.25) is 0 Å². The van der Waals surface area contributed by atoms with Gasteiger partial charge in [0.1, 0.15) is 0 Å². The minimum atomic E-state index is -0.106. The van der Waals surface area contributed by atoms with Gasteiger partial charge in [-0.2, -0.15) is 5.10 Å². The first-order chi connectivity index (χ1) is 11.7. The van der Waals surface area contributed by atoms with Crippen LogP contribution in [0, 0.1) is 6.92 Å². The molecule has 3 heterocycles. The average molecular weight is 324 g/mol. The predicted molar refractivity (Wildman–Crippen MR) is 90.9 cm³/mol. The molecule has 2 aromatic heterocycles. The highest BCUT2D eigenvalue weighted by Gasteiger charge is 2.19. The molecule has 6 heteroatoms. The van der Waals surface area contributed by atoms with E-state index in [1.54, 1.807) is 12.4 Å². The second kappa shape index (κ2) is 6.13. The normalized spacial score (nSPS) is 17.5. The molecule has 1 atom stereocenters. The summed E-state index contributed by atoms with van der Waals surface area (Å²) in [5.74, 6) is -0.106. The summed E-state index contributed by atoms with van der Waals surface area (Å²) in [6.45, 7) is 3.96. The van der Waals surface area contributed by atoms with Crippen LogP contribution in [0.15, 0.2) is 36.7 Å². The second-order valence-corrected chi connectivity index (χ2v) is 6.28. The van der Waals surface area contributed by atoms with Crippen LogP contribution in [0.4, 0.5) is 0 Å². The summed E-state index contributed by atoms with van der Waals surface area (Å²) in [5, 5.41) is 8.41. The smallest absolute Gasteiger partial charge is 0.254 e. The summed E-state index contributed by atoms with van der Waals surface area (Å²) in [7, 11) is 0. The topological polar surface area (TPSA) is 71.9 Å². The third-order valence-corrected chi connectivity index (χ3v) is 4.42. The Morgan fingerprint density at radius 2 is 2.38 bits per heavy atom. The summed E-state index contributed by atoms with van der Waals surface area (Å²) in [5.41, 5.74) is 3.91. The van der Waals surface area contributed by atoms with Gasteiger partial charge in [-0.3, -0.25) is 9.48 Å². The number of carbonyl (C=O) groups is 1. The molecule has 1 saturated heterocycles. The highest BCUT2D eigenvalue weighted by molar-refractivity contribution is 5.93. The Morgan fingerprint density at radius 3 is 3.21 bits per heavy atom. The SMILES string of the molecule is Cc1cc2cc(CNC(=O)c3cnn(C4CCOC4)c3)ccc2[nH]1. The number of ether oxygens (including phenoxy) is 1. The van der Waals surface area contributed by atoms with Crippen LogP contribution < -0.4 is 5.32 Å². The highest BCUT2D eigenvalue weighted by Crippen LogP contribution is 2.19. The number of H-pyrrole nitrogens is 1. The van der Waals surface area contributed by atoms with Crippen molar-refractivity contribution in [2.75, 3.05) is 13.2 Å². The van der Waals surface area contributed by atoms with Crippen molar-refractivity contribution in [3.8, 4) is 0 Å². The molecule has 0 spiro atoms. The van der Waals surface area contributed by atoms with Crippen LogP contribution >= 0.6 is 0 Å². The van der Waals surface area contributed by atoms with Crippen molar-refractivity contribution >= 4 is 16.8 Å². The number of aromatic nitrogens is 3. The van der Waals surface area contributed by atoms with Crippen molar-refractivity contribution in [3.05, 3.63) is 53.5 Å². The van der Waals surface area contributed by atoms with E-state index in [9.17, 15) is 4.79 Å². The summed E-state index contributed by atoms with van der Waals surface area (Å²) in [6, 6.07) is 8.51. The number of benzene rings is 1. The summed E-state index contributed by atoms with van der Waals surface area (Å²) in [6.07, 6.45) is 4.36. The lowest BCUT2D eigenvalue weighted by Gasteiger charge is -2.07. The Kier molecular flexibility index (Phi) is 3.82. The molecule has 6 nitrogen and oxygen atoms in total. The molecular weight excluding hydrogens is 304 g/mol. The Labute approximate surface area is 139 Å². The number of amides is 1. The van der Waals surface area contributed by atoms with Gasteiger partial charge >= 0.3 is 0 Å². The van der Waals surface area contributed by atoms with E-state index in [4.69, 9.17) is 4.74 Å². The summed E-state index contributed by atoms with van der Waals surface area (Å²) < 4.78 is 7.19. The van der Waals surface area contributed by atoms with Gasteiger partial charge in [0.05, 0.1) is 24.4 Å². The molecule has 1 aliphatic rings. The number of fused-ring (bicyclic) bond motifs is 1. The minimum absolute atomic E-state index is 0.106. The zero-order valence-corrected chi connectivity index (χ0v) is 13.6. The van der Waals surface area contributed by atoms with E-state index in [2.05, 4.69) is 27.5 Å².